The van der Waals surface area contributed by atoms with E-state index >= 15 is 0 Å². The fourth-order valence-electron chi connectivity index (χ4n) is 11.3. The van der Waals surface area contributed by atoms with Crippen molar-refractivity contribution in [1.29, 1.82) is 0 Å². The van der Waals surface area contributed by atoms with Gasteiger partial charge in [-0.25, -0.2) is 0 Å². The number of allylic oxidation sites excluding steroid dienone is 1. The highest BCUT2D eigenvalue weighted by atomic mass is 16.6. The maximum Gasteiger partial charge on any atom is 0.307 e. The molecule has 1 saturated heterocycles. The molecule has 0 unspecified atom stereocenters. The number of fused-ring (bicyclic) bond motifs is 3. The minimum Gasteiger partial charge on any atom is -0.481 e. The van der Waals surface area contributed by atoms with E-state index in [1.165, 1.54) is 19.4 Å². The van der Waals surface area contributed by atoms with Crippen molar-refractivity contribution in [2.45, 2.75) is 113 Å². The van der Waals surface area contributed by atoms with E-state index in [2.05, 4.69) is 54.5 Å². The fraction of sp³-hybridized carbons (Fsp3) is 0.853. The molecule has 41 heavy (non-hydrogen) atoms. The molecule has 5 aliphatic rings. The normalized spacial score (nSPS) is 47.7. The lowest BCUT2D eigenvalue weighted by molar-refractivity contribution is -0.262. The Morgan fingerprint density at radius 1 is 0.951 bits per heavy atom. The Morgan fingerprint density at radius 2 is 1.61 bits per heavy atom. The van der Waals surface area contributed by atoms with E-state index in [-0.39, 0.29) is 45.9 Å². The van der Waals surface area contributed by atoms with Gasteiger partial charge in [0.1, 0.15) is 12.2 Å². The topological polar surface area (TPSA) is 99.1 Å². The first-order chi connectivity index (χ1) is 19.0. The Kier molecular flexibility index (Phi) is 7.32. The summed E-state index contributed by atoms with van der Waals surface area (Å²) in [5.41, 5.74) is -0.311. The van der Waals surface area contributed by atoms with Crippen LogP contribution in [-0.4, -0.2) is 48.4 Å². The summed E-state index contributed by atoms with van der Waals surface area (Å²) in [5.74, 6) is -0.708. The van der Waals surface area contributed by atoms with Crippen molar-refractivity contribution >= 4 is 17.9 Å². The third kappa shape index (κ3) is 4.10. The van der Waals surface area contributed by atoms with Crippen LogP contribution in [0.3, 0.4) is 0 Å². The standard InChI is InChI=1S/C34H52O7/c1-19(2)20(3)30(6)14-15-32(8)23-10-11-26-31(7)17-39-18-34(26,16-25(40-21(4)35)28(31)41-22(5)36)24(23)12-13-33(32,9)27(30)29(37)38/h12,19-20,23,25-28H,10-11,13-18H2,1-9H3,(H,37,38)/t20-,23+,25-,26+,27-,28+,30-,31-,32-,33+,34+/m1/s1. The average Bonchev–Trinajstić information content (AvgIpc) is 2.86. The van der Waals surface area contributed by atoms with Gasteiger partial charge in [0.25, 0.3) is 0 Å². The van der Waals surface area contributed by atoms with Gasteiger partial charge in [-0.1, -0.05) is 60.1 Å². The molecule has 11 atom stereocenters. The molecule has 0 aromatic carbocycles. The molecule has 1 heterocycles. The number of rotatable bonds is 5. The molecular formula is C34H52O7. The second-order valence-corrected chi connectivity index (χ2v) is 15.7. The molecule has 3 saturated carbocycles. The van der Waals surface area contributed by atoms with E-state index in [9.17, 15) is 19.5 Å². The van der Waals surface area contributed by atoms with Crippen LogP contribution in [0, 0.1) is 56.7 Å². The van der Waals surface area contributed by atoms with Crippen molar-refractivity contribution in [2.24, 2.45) is 56.7 Å². The van der Waals surface area contributed by atoms with Crippen molar-refractivity contribution < 1.29 is 33.7 Å². The molecule has 1 aliphatic heterocycles. The molecular weight excluding hydrogens is 520 g/mol. The summed E-state index contributed by atoms with van der Waals surface area (Å²) >= 11 is 0. The third-order valence-corrected chi connectivity index (χ3v) is 13.7. The van der Waals surface area contributed by atoms with E-state index < -0.39 is 34.9 Å². The summed E-state index contributed by atoms with van der Waals surface area (Å²) in [7, 11) is 0. The minimum atomic E-state index is -0.664. The van der Waals surface area contributed by atoms with Gasteiger partial charge in [0, 0.05) is 24.7 Å². The van der Waals surface area contributed by atoms with Crippen LogP contribution in [0.4, 0.5) is 0 Å². The molecule has 2 bridgehead atoms. The molecule has 0 radical (unpaired) electrons. The number of hydrogen-bond acceptors (Lipinski definition) is 6. The third-order valence-electron chi connectivity index (χ3n) is 13.7. The molecule has 0 aromatic rings. The van der Waals surface area contributed by atoms with E-state index in [4.69, 9.17) is 14.2 Å². The van der Waals surface area contributed by atoms with Gasteiger partial charge < -0.3 is 19.3 Å². The van der Waals surface area contributed by atoms with Crippen LogP contribution in [0.2, 0.25) is 0 Å². The van der Waals surface area contributed by atoms with Crippen molar-refractivity contribution in [1.82, 2.24) is 0 Å². The lowest BCUT2D eigenvalue weighted by Crippen LogP contribution is -2.70. The first kappa shape index (κ1) is 30.6. The number of carboxylic acid groups (broad SMARTS) is 1. The maximum atomic E-state index is 13.2. The smallest absolute Gasteiger partial charge is 0.307 e. The van der Waals surface area contributed by atoms with Gasteiger partial charge >= 0.3 is 17.9 Å². The summed E-state index contributed by atoms with van der Waals surface area (Å²) in [6, 6.07) is 0. The van der Waals surface area contributed by atoms with E-state index in [1.807, 2.05) is 0 Å². The molecule has 0 aromatic heterocycles. The van der Waals surface area contributed by atoms with Gasteiger partial charge in [0.15, 0.2) is 0 Å². The van der Waals surface area contributed by atoms with Gasteiger partial charge in [0.05, 0.1) is 19.1 Å². The molecule has 7 nitrogen and oxygen atoms in total. The number of hydrogen-bond donors (Lipinski definition) is 1. The van der Waals surface area contributed by atoms with Gasteiger partial charge in [-0.15, -0.1) is 0 Å². The predicted molar refractivity (Wildman–Crippen MR) is 155 cm³/mol. The second-order valence-electron chi connectivity index (χ2n) is 15.7. The summed E-state index contributed by atoms with van der Waals surface area (Å²) in [6.07, 6.45) is 6.37. The first-order valence-electron chi connectivity index (χ1n) is 15.8. The highest BCUT2D eigenvalue weighted by Crippen LogP contribution is 2.75. The zero-order valence-corrected chi connectivity index (χ0v) is 26.7. The molecule has 5 rings (SSSR count). The lowest BCUT2D eigenvalue weighted by Gasteiger charge is -2.71. The van der Waals surface area contributed by atoms with Crippen LogP contribution in [0.5, 0.6) is 0 Å². The van der Waals surface area contributed by atoms with Crippen LogP contribution in [0.25, 0.3) is 0 Å². The van der Waals surface area contributed by atoms with Crippen LogP contribution in [0.15, 0.2) is 11.6 Å². The Bertz CT molecular complexity index is 1140. The van der Waals surface area contributed by atoms with Crippen LogP contribution in [-0.2, 0) is 28.6 Å². The Hall–Kier alpha value is -1.89. The van der Waals surface area contributed by atoms with Crippen molar-refractivity contribution in [3.8, 4) is 0 Å². The Morgan fingerprint density at radius 3 is 2.20 bits per heavy atom. The minimum absolute atomic E-state index is 0.187. The van der Waals surface area contributed by atoms with Crippen LogP contribution in [0.1, 0.15) is 101 Å². The highest BCUT2D eigenvalue weighted by molar-refractivity contribution is 5.73. The molecule has 0 spiro atoms. The number of carboxylic acids is 1. The van der Waals surface area contributed by atoms with E-state index in [0.717, 1.165) is 25.7 Å². The second kappa shape index (κ2) is 9.82. The largest absolute Gasteiger partial charge is 0.481 e. The molecule has 230 valence electrons. The van der Waals surface area contributed by atoms with Gasteiger partial charge in [-0.2, -0.15) is 0 Å². The van der Waals surface area contributed by atoms with Crippen molar-refractivity contribution in [2.75, 3.05) is 13.2 Å². The SMILES string of the molecule is CC(=O)O[C@@H]1C[C@@]23COC[C@](C)([C@@H]2CC[C@H]2C3=CC[C@@]3(C)[C@H](C(=O)O)[C@@](C)([C@H](C)C(C)C)CC[C@]23C)[C@H]1OC(C)=O. The number of aliphatic carboxylic acids is 1. The zero-order valence-electron chi connectivity index (χ0n) is 26.7. The lowest BCUT2D eigenvalue weighted by atomic mass is 9.34. The predicted octanol–water partition coefficient (Wildman–Crippen LogP) is 6.44. The zero-order chi connectivity index (χ0) is 30.3. The Labute approximate surface area is 246 Å². The van der Waals surface area contributed by atoms with Crippen LogP contribution < -0.4 is 0 Å². The maximum absolute atomic E-state index is 13.2. The van der Waals surface area contributed by atoms with E-state index in [0.29, 0.717) is 32.0 Å². The first-order valence-corrected chi connectivity index (χ1v) is 15.8. The number of carbonyl (C=O) groups excluding carboxylic acids is 2. The monoisotopic (exact) mass is 572 g/mol. The van der Waals surface area contributed by atoms with E-state index in [1.54, 1.807) is 0 Å². The van der Waals surface area contributed by atoms with Crippen molar-refractivity contribution in [3.05, 3.63) is 11.6 Å². The summed E-state index contributed by atoms with van der Waals surface area (Å²) in [5, 5.41) is 10.9. The molecule has 4 fully saturated rings. The molecule has 1 N–H and O–H groups in total. The summed E-state index contributed by atoms with van der Waals surface area (Å²) < 4.78 is 18.2. The fourth-order valence-corrected chi connectivity index (χ4v) is 11.3. The summed E-state index contributed by atoms with van der Waals surface area (Å²) in [6.45, 7) is 19.5. The molecule has 4 aliphatic carbocycles. The van der Waals surface area contributed by atoms with Gasteiger partial charge in [0.2, 0.25) is 0 Å². The Balaban J connectivity index is 1.62. The highest BCUT2D eigenvalue weighted by Gasteiger charge is 2.72. The summed E-state index contributed by atoms with van der Waals surface area (Å²) in [4.78, 5) is 37.8. The van der Waals surface area contributed by atoms with Crippen LogP contribution >= 0.6 is 0 Å². The molecule has 7 heteroatoms. The van der Waals surface area contributed by atoms with Crippen molar-refractivity contribution in [3.63, 3.8) is 0 Å². The van der Waals surface area contributed by atoms with Gasteiger partial charge in [-0.3, -0.25) is 14.4 Å². The average molecular weight is 573 g/mol. The van der Waals surface area contributed by atoms with Gasteiger partial charge in [-0.05, 0) is 78.4 Å². The number of carbonyl (C=O) groups is 3. The molecule has 0 amide bonds. The quantitative estimate of drug-likeness (QED) is 0.299. The number of ether oxygens (including phenoxy) is 3. The number of esters is 2.